The maximum absolute atomic E-state index is 11.7. The zero-order valence-electron chi connectivity index (χ0n) is 16.4. The minimum absolute atomic E-state index is 0. The minimum Gasteiger partial charge on any atom is -0.357 e. The number of rotatable bonds is 8. The van der Waals surface area contributed by atoms with Gasteiger partial charge in [0.05, 0.1) is 25.0 Å². The molecule has 1 aliphatic carbocycles. The summed E-state index contributed by atoms with van der Waals surface area (Å²) in [7, 11) is 1.98. The number of carbonyl (C=O) groups excluding carboxylic acids is 1. The monoisotopic (exact) mass is 496 g/mol. The Labute approximate surface area is 183 Å². The molecular weight excluding hydrogens is 467 g/mol. The van der Waals surface area contributed by atoms with E-state index in [1.807, 2.05) is 43.3 Å². The largest absolute Gasteiger partial charge is 0.357 e. The summed E-state index contributed by atoms with van der Waals surface area (Å²) in [6.07, 6.45) is 3.90. The van der Waals surface area contributed by atoms with Gasteiger partial charge >= 0.3 is 0 Å². The van der Waals surface area contributed by atoms with Crippen LogP contribution in [0.25, 0.3) is 11.3 Å². The highest BCUT2D eigenvalue weighted by atomic mass is 127. The molecule has 0 spiro atoms. The third-order valence-corrected chi connectivity index (χ3v) is 4.42. The van der Waals surface area contributed by atoms with Gasteiger partial charge in [-0.15, -0.1) is 24.0 Å². The number of nitrogens with zero attached hydrogens (tertiary/aromatic N) is 3. The van der Waals surface area contributed by atoms with Gasteiger partial charge in [0.15, 0.2) is 5.96 Å². The van der Waals surface area contributed by atoms with E-state index in [9.17, 15) is 4.79 Å². The van der Waals surface area contributed by atoms with Crippen LogP contribution in [0.15, 0.2) is 41.5 Å². The molecule has 8 heteroatoms. The molecule has 1 saturated carbocycles. The van der Waals surface area contributed by atoms with Gasteiger partial charge in [0.2, 0.25) is 5.91 Å². The SMILES string of the molecule is CCNC(=NCCNC(=O)C1CC1)N(C)Cc1ncc(-c2ccccc2)[nH]1.I. The number of halogens is 1. The van der Waals surface area contributed by atoms with E-state index >= 15 is 0 Å². The molecule has 0 radical (unpaired) electrons. The molecule has 3 N–H and O–H groups in total. The number of H-pyrrole nitrogens is 1. The Kier molecular flexibility index (Phi) is 8.75. The van der Waals surface area contributed by atoms with Crippen LogP contribution in [0.3, 0.4) is 0 Å². The summed E-state index contributed by atoms with van der Waals surface area (Å²) in [4.78, 5) is 26.2. The summed E-state index contributed by atoms with van der Waals surface area (Å²) in [6, 6.07) is 10.1. The summed E-state index contributed by atoms with van der Waals surface area (Å²) >= 11 is 0. The van der Waals surface area contributed by atoms with Crippen LogP contribution in [-0.4, -0.2) is 53.4 Å². The first kappa shape index (κ1) is 22.2. The van der Waals surface area contributed by atoms with Crippen molar-refractivity contribution in [2.24, 2.45) is 10.9 Å². The van der Waals surface area contributed by atoms with Gasteiger partial charge in [-0.05, 0) is 25.3 Å². The zero-order valence-corrected chi connectivity index (χ0v) is 18.8. The van der Waals surface area contributed by atoms with E-state index in [-0.39, 0.29) is 35.8 Å². The molecule has 0 unspecified atom stereocenters. The second-order valence-corrected chi connectivity index (χ2v) is 6.77. The molecule has 28 heavy (non-hydrogen) atoms. The normalized spacial score (nSPS) is 13.6. The van der Waals surface area contributed by atoms with E-state index in [0.717, 1.165) is 42.4 Å². The van der Waals surface area contributed by atoms with Gasteiger partial charge in [-0.25, -0.2) is 4.98 Å². The molecule has 1 amide bonds. The number of guanidine groups is 1. The van der Waals surface area contributed by atoms with Gasteiger partial charge in [-0.2, -0.15) is 0 Å². The molecule has 1 aromatic carbocycles. The molecule has 1 fully saturated rings. The van der Waals surface area contributed by atoms with Crippen molar-refractivity contribution in [3.05, 3.63) is 42.4 Å². The first-order valence-electron chi connectivity index (χ1n) is 9.54. The smallest absolute Gasteiger partial charge is 0.223 e. The average molecular weight is 496 g/mol. The lowest BCUT2D eigenvalue weighted by atomic mass is 10.2. The number of benzene rings is 1. The maximum atomic E-state index is 11.7. The van der Waals surface area contributed by atoms with Crippen LogP contribution in [0.5, 0.6) is 0 Å². The predicted octanol–water partition coefficient (Wildman–Crippen LogP) is 2.62. The summed E-state index contributed by atoms with van der Waals surface area (Å²) in [5.74, 6) is 2.08. The lowest BCUT2D eigenvalue weighted by Gasteiger charge is -2.21. The number of imidazole rings is 1. The van der Waals surface area contributed by atoms with Gasteiger partial charge < -0.3 is 20.5 Å². The van der Waals surface area contributed by atoms with E-state index in [1.165, 1.54) is 0 Å². The highest BCUT2D eigenvalue weighted by Gasteiger charge is 2.28. The van der Waals surface area contributed by atoms with Gasteiger partial charge in [0.1, 0.15) is 5.82 Å². The maximum Gasteiger partial charge on any atom is 0.223 e. The molecule has 0 aliphatic heterocycles. The number of aliphatic imine (C=N–C) groups is 1. The van der Waals surface area contributed by atoms with Crippen LogP contribution in [0, 0.1) is 5.92 Å². The number of hydrogen-bond acceptors (Lipinski definition) is 3. The number of aromatic nitrogens is 2. The summed E-state index contributed by atoms with van der Waals surface area (Å²) in [6.45, 7) is 4.56. The Morgan fingerprint density at radius 3 is 2.71 bits per heavy atom. The van der Waals surface area contributed by atoms with E-state index in [2.05, 4.69) is 37.7 Å². The highest BCUT2D eigenvalue weighted by molar-refractivity contribution is 14.0. The van der Waals surface area contributed by atoms with Crippen LogP contribution in [0.2, 0.25) is 0 Å². The predicted molar refractivity (Wildman–Crippen MR) is 123 cm³/mol. The van der Waals surface area contributed by atoms with E-state index < -0.39 is 0 Å². The molecule has 1 aromatic heterocycles. The van der Waals surface area contributed by atoms with Gasteiger partial charge in [-0.1, -0.05) is 30.3 Å². The van der Waals surface area contributed by atoms with Crippen molar-refractivity contribution in [3.8, 4) is 11.3 Å². The quantitative estimate of drug-likeness (QED) is 0.227. The van der Waals surface area contributed by atoms with E-state index in [4.69, 9.17) is 0 Å². The van der Waals surface area contributed by atoms with Crippen LogP contribution in [0.4, 0.5) is 0 Å². The number of carbonyl (C=O) groups is 1. The Bertz CT molecular complexity index is 772. The molecule has 1 heterocycles. The van der Waals surface area contributed by atoms with Crippen LogP contribution < -0.4 is 10.6 Å². The molecule has 1 aliphatic rings. The molecule has 7 nitrogen and oxygen atoms in total. The van der Waals surface area contributed by atoms with Crippen LogP contribution in [-0.2, 0) is 11.3 Å². The topological polar surface area (TPSA) is 85.4 Å². The van der Waals surface area contributed by atoms with Crippen molar-refractivity contribution < 1.29 is 4.79 Å². The second kappa shape index (κ2) is 11.0. The van der Waals surface area contributed by atoms with Gasteiger partial charge in [0.25, 0.3) is 0 Å². The molecule has 0 saturated heterocycles. The number of aromatic amines is 1. The van der Waals surface area contributed by atoms with Crippen molar-refractivity contribution in [3.63, 3.8) is 0 Å². The number of nitrogens with one attached hydrogen (secondary N) is 3. The fourth-order valence-electron chi connectivity index (χ4n) is 2.81. The van der Waals surface area contributed by atoms with Crippen LogP contribution >= 0.6 is 24.0 Å². The first-order valence-corrected chi connectivity index (χ1v) is 9.54. The van der Waals surface area contributed by atoms with Crippen molar-refractivity contribution in [2.45, 2.75) is 26.3 Å². The zero-order chi connectivity index (χ0) is 19.1. The molecule has 152 valence electrons. The summed E-state index contributed by atoms with van der Waals surface area (Å²) in [5.41, 5.74) is 2.12. The summed E-state index contributed by atoms with van der Waals surface area (Å²) < 4.78 is 0. The highest BCUT2D eigenvalue weighted by Crippen LogP contribution is 2.28. The lowest BCUT2D eigenvalue weighted by molar-refractivity contribution is -0.122. The summed E-state index contributed by atoms with van der Waals surface area (Å²) in [5, 5.41) is 6.23. The number of amides is 1. The fourth-order valence-corrected chi connectivity index (χ4v) is 2.81. The van der Waals surface area contributed by atoms with Crippen molar-refractivity contribution in [2.75, 3.05) is 26.7 Å². The average Bonchev–Trinajstić information content (AvgIpc) is 3.44. The molecule has 0 bridgehead atoms. The molecule has 3 rings (SSSR count). The van der Waals surface area contributed by atoms with E-state index in [0.29, 0.717) is 19.6 Å². The Morgan fingerprint density at radius 2 is 2.04 bits per heavy atom. The first-order chi connectivity index (χ1) is 13.2. The van der Waals surface area contributed by atoms with Crippen molar-refractivity contribution in [1.29, 1.82) is 0 Å². The van der Waals surface area contributed by atoms with E-state index in [1.54, 1.807) is 0 Å². The lowest BCUT2D eigenvalue weighted by Crippen LogP contribution is -2.39. The third kappa shape index (κ3) is 6.50. The minimum atomic E-state index is 0. The van der Waals surface area contributed by atoms with Crippen molar-refractivity contribution >= 4 is 35.8 Å². The Morgan fingerprint density at radius 1 is 1.29 bits per heavy atom. The molecule has 2 aromatic rings. The van der Waals surface area contributed by atoms with Crippen LogP contribution in [0.1, 0.15) is 25.6 Å². The Balaban J connectivity index is 0.00000280. The second-order valence-electron chi connectivity index (χ2n) is 6.77. The molecular formula is C20H29IN6O. The fraction of sp³-hybridized carbons (Fsp3) is 0.450. The van der Waals surface area contributed by atoms with Gasteiger partial charge in [-0.3, -0.25) is 9.79 Å². The standard InChI is InChI=1S/C20H28N6O.HI/c1-3-21-20(23-12-11-22-19(27)16-9-10-16)26(2)14-18-24-13-17(25-18)15-7-5-4-6-8-15;/h4-8,13,16H,3,9-12,14H2,1-2H3,(H,21,23)(H,22,27)(H,24,25);1H. The van der Waals surface area contributed by atoms with Crippen molar-refractivity contribution in [1.82, 2.24) is 25.5 Å². The number of hydrogen-bond donors (Lipinski definition) is 3. The Hall–Kier alpha value is -2.10. The third-order valence-electron chi connectivity index (χ3n) is 4.42. The van der Waals surface area contributed by atoms with Gasteiger partial charge in [0, 0.05) is 26.1 Å². The molecule has 0 atom stereocenters.